The average molecular weight is 571 g/mol. The third kappa shape index (κ3) is 7.02. The summed E-state index contributed by atoms with van der Waals surface area (Å²) in [6.07, 6.45) is -0.539. The Morgan fingerprint density at radius 1 is 0.923 bits per heavy atom. The monoisotopic (exact) mass is 570 g/mol. The topological polar surface area (TPSA) is 88.9 Å². The summed E-state index contributed by atoms with van der Waals surface area (Å²) in [4.78, 5) is 29.9. The summed E-state index contributed by atoms with van der Waals surface area (Å²) >= 11 is 12.3. The lowest BCUT2D eigenvalue weighted by atomic mass is 10.2. The molecule has 0 amide bonds. The van der Waals surface area contributed by atoms with Gasteiger partial charge >= 0.3 is 12.1 Å². The second-order valence-corrected chi connectivity index (χ2v) is 9.86. The average Bonchev–Trinajstić information content (AvgIpc) is 3.29. The Bertz CT molecular complexity index is 1480. The first-order chi connectivity index (χ1) is 18.8. The van der Waals surface area contributed by atoms with Crippen molar-refractivity contribution in [3.63, 3.8) is 0 Å². The van der Waals surface area contributed by atoms with E-state index in [-0.39, 0.29) is 38.1 Å². The number of carbonyl (C=O) groups excluding carboxylic acids is 2. The Hall–Kier alpha value is -3.75. The molecule has 0 aliphatic heterocycles. The third-order valence-corrected chi connectivity index (χ3v) is 6.15. The van der Waals surface area contributed by atoms with Gasteiger partial charge in [-0.1, -0.05) is 55.2 Å². The van der Waals surface area contributed by atoms with Crippen molar-refractivity contribution in [3.05, 3.63) is 87.7 Å². The van der Waals surface area contributed by atoms with E-state index in [9.17, 15) is 9.59 Å². The molecule has 0 fully saturated rings. The molecule has 0 radical (unpaired) electrons. The first kappa shape index (κ1) is 28.3. The van der Waals surface area contributed by atoms with Crippen LogP contribution >= 0.6 is 23.2 Å². The number of para-hydroxylation sites is 2. The van der Waals surface area contributed by atoms with E-state index in [1.807, 2.05) is 32.0 Å². The van der Waals surface area contributed by atoms with Crippen LogP contribution in [0.4, 0.5) is 4.79 Å². The van der Waals surface area contributed by atoms with E-state index in [4.69, 9.17) is 42.1 Å². The predicted molar refractivity (Wildman–Crippen MR) is 149 cm³/mol. The molecule has 0 N–H and O–H groups in total. The summed E-state index contributed by atoms with van der Waals surface area (Å²) in [7, 11) is 0. The van der Waals surface area contributed by atoms with E-state index >= 15 is 0 Å². The molecule has 3 aromatic carbocycles. The molecule has 0 aliphatic rings. The molecule has 0 aliphatic carbocycles. The highest BCUT2D eigenvalue weighted by Gasteiger charge is 2.20. The van der Waals surface area contributed by atoms with Crippen LogP contribution in [0.5, 0.6) is 11.5 Å². The molecular formula is C29H28Cl2N2O6. The van der Waals surface area contributed by atoms with Gasteiger partial charge in [0.1, 0.15) is 13.2 Å². The Balaban J connectivity index is 1.62. The van der Waals surface area contributed by atoms with Crippen LogP contribution in [0.3, 0.4) is 0 Å². The van der Waals surface area contributed by atoms with Gasteiger partial charge in [-0.15, -0.1) is 0 Å². The molecule has 8 nitrogen and oxygen atoms in total. The molecule has 0 atom stereocenters. The molecule has 0 spiro atoms. The molecule has 0 bridgehead atoms. The fourth-order valence-corrected chi connectivity index (χ4v) is 4.16. The van der Waals surface area contributed by atoms with Crippen LogP contribution in [-0.2, 0) is 22.7 Å². The molecule has 1 heterocycles. The van der Waals surface area contributed by atoms with Gasteiger partial charge in [-0.05, 0) is 55.3 Å². The van der Waals surface area contributed by atoms with Crippen LogP contribution in [0.1, 0.15) is 42.5 Å². The molecule has 39 heavy (non-hydrogen) atoms. The maximum Gasteiger partial charge on any atom is 0.420 e. The van der Waals surface area contributed by atoms with E-state index in [1.165, 1.54) is 10.6 Å². The lowest BCUT2D eigenvalue weighted by molar-refractivity contribution is 0.0525. The number of halogens is 2. The van der Waals surface area contributed by atoms with Gasteiger partial charge in [0.2, 0.25) is 0 Å². The minimum Gasteiger partial charge on any atom is -0.485 e. The van der Waals surface area contributed by atoms with E-state index in [0.717, 1.165) is 0 Å². The summed E-state index contributed by atoms with van der Waals surface area (Å²) in [5.41, 5.74) is 2.23. The van der Waals surface area contributed by atoms with Crippen molar-refractivity contribution in [2.24, 2.45) is 5.92 Å². The van der Waals surface area contributed by atoms with Crippen molar-refractivity contribution in [1.82, 2.24) is 9.55 Å². The van der Waals surface area contributed by atoms with Gasteiger partial charge in [-0.2, -0.15) is 0 Å². The van der Waals surface area contributed by atoms with Crippen molar-refractivity contribution in [3.8, 4) is 11.5 Å². The van der Waals surface area contributed by atoms with Crippen molar-refractivity contribution in [2.45, 2.75) is 34.0 Å². The Morgan fingerprint density at radius 3 is 2.44 bits per heavy atom. The summed E-state index contributed by atoms with van der Waals surface area (Å²) in [5.74, 6) is 0.660. The number of ether oxygens (including phenoxy) is 4. The number of hydrogen-bond donors (Lipinski definition) is 0. The molecule has 10 heteroatoms. The highest BCUT2D eigenvalue weighted by Crippen LogP contribution is 2.32. The number of imidazole rings is 1. The van der Waals surface area contributed by atoms with Crippen LogP contribution in [-0.4, -0.2) is 34.8 Å². The standard InChI is InChI=1S/C29H28Cl2N2O6/c1-4-36-28(34)19-10-12-25(26(13-19)37-16-20-9-11-21(30)14-22(20)31)38-17-27-32-23-7-5-6-8-24(23)33(27)29(35)39-15-18(2)3/h5-14,18H,4,15-17H2,1-3H3. The second kappa shape index (κ2) is 12.9. The van der Waals surface area contributed by atoms with Gasteiger partial charge in [-0.3, -0.25) is 0 Å². The molecule has 4 aromatic rings. The van der Waals surface area contributed by atoms with Gasteiger partial charge in [-0.25, -0.2) is 19.1 Å². The fraction of sp³-hybridized carbons (Fsp3) is 0.276. The summed E-state index contributed by atoms with van der Waals surface area (Å²) in [6.45, 7) is 6.18. The van der Waals surface area contributed by atoms with Crippen LogP contribution in [0.2, 0.25) is 10.0 Å². The van der Waals surface area contributed by atoms with E-state index in [2.05, 4.69) is 4.98 Å². The number of esters is 1. The van der Waals surface area contributed by atoms with Crippen molar-refractivity contribution in [2.75, 3.05) is 13.2 Å². The fourth-order valence-electron chi connectivity index (χ4n) is 3.70. The number of benzene rings is 3. The molecule has 4 rings (SSSR count). The number of nitrogens with zero attached hydrogens (tertiary/aromatic N) is 2. The minimum absolute atomic E-state index is 0.0672. The zero-order valence-corrected chi connectivity index (χ0v) is 23.3. The lowest BCUT2D eigenvalue weighted by Crippen LogP contribution is -2.20. The maximum atomic E-state index is 13.0. The van der Waals surface area contributed by atoms with Crippen molar-refractivity contribution >= 4 is 46.3 Å². The first-order valence-electron chi connectivity index (χ1n) is 12.4. The van der Waals surface area contributed by atoms with Crippen LogP contribution in [0.15, 0.2) is 60.7 Å². The molecule has 0 unspecified atom stereocenters. The number of aromatic nitrogens is 2. The van der Waals surface area contributed by atoms with Crippen molar-refractivity contribution in [1.29, 1.82) is 0 Å². The smallest absolute Gasteiger partial charge is 0.420 e. The third-order valence-electron chi connectivity index (χ3n) is 5.56. The number of carbonyl (C=O) groups is 2. The van der Waals surface area contributed by atoms with Crippen LogP contribution < -0.4 is 9.47 Å². The van der Waals surface area contributed by atoms with Crippen molar-refractivity contribution < 1.29 is 28.5 Å². The molecule has 1 aromatic heterocycles. The van der Waals surface area contributed by atoms with Gasteiger partial charge in [0.25, 0.3) is 0 Å². The van der Waals surface area contributed by atoms with E-state index < -0.39 is 12.1 Å². The second-order valence-electron chi connectivity index (χ2n) is 9.02. The Morgan fingerprint density at radius 2 is 1.69 bits per heavy atom. The Labute approximate surface area is 236 Å². The SMILES string of the molecule is CCOC(=O)c1ccc(OCc2nc3ccccc3n2C(=O)OCC(C)C)c(OCc2ccc(Cl)cc2Cl)c1. The highest BCUT2D eigenvalue weighted by atomic mass is 35.5. The zero-order chi connectivity index (χ0) is 27.9. The van der Waals surface area contributed by atoms with Crippen LogP contribution in [0, 0.1) is 5.92 Å². The first-order valence-corrected chi connectivity index (χ1v) is 13.2. The number of hydrogen-bond acceptors (Lipinski definition) is 7. The maximum absolute atomic E-state index is 13.0. The molecule has 0 saturated heterocycles. The Kier molecular flexibility index (Phi) is 9.32. The lowest BCUT2D eigenvalue weighted by Gasteiger charge is -2.15. The normalized spacial score (nSPS) is 11.0. The zero-order valence-electron chi connectivity index (χ0n) is 21.8. The molecule has 204 valence electrons. The summed E-state index contributed by atoms with van der Waals surface area (Å²) < 4.78 is 24.1. The highest BCUT2D eigenvalue weighted by molar-refractivity contribution is 6.35. The number of rotatable bonds is 10. The summed E-state index contributed by atoms with van der Waals surface area (Å²) in [6, 6.07) is 17.1. The largest absolute Gasteiger partial charge is 0.485 e. The molecule has 0 saturated carbocycles. The minimum atomic E-state index is -0.539. The summed E-state index contributed by atoms with van der Waals surface area (Å²) in [5, 5.41) is 0.951. The van der Waals surface area contributed by atoms with Gasteiger partial charge in [0.05, 0.1) is 29.8 Å². The van der Waals surface area contributed by atoms with Gasteiger partial charge < -0.3 is 18.9 Å². The van der Waals surface area contributed by atoms with Crippen LogP contribution in [0.25, 0.3) is 11.0 Å². The van der Waals surface area contributed by atoms with Gasteiger partial charge in [0.15, 0.2) is 17.3 Å². The quantitative estimate of drug-likeness (QED) is 0.184. The van der Waals surface area contributed by atoms with Gasteiger partial charge in [0, 0.05) is 15.6 Å². The molecular weight excluding hydrogens is 543 g/mol. The number of fused-ring (bicyclic) bond motifs is 1. The van der Waals surface area contributed by atoms with E-state index in [0.29, 0.717) is 43.8 Å². The van der Waals surface area contributed by atoms with E-state index in [1.54, 1.807) is 43.3 Å². The predicted octanol–water partition coefficient (Wildman–Crippen LogP) is 7.32.